The molecule has 2 aromatic heterocycles. The second kappa shape index (κ2) is 7.95. The quantitative estimate of drug-likeness (QED) is 0.410. The van der Waals surface area contributed by atoms with Crippen LogP contribution in [0.4, 0.5) is 8.78 Å². The van der Waals surface area contributed by atoms with E-state index < -0.39 is 17.7 Å². The van der Waals surface area contributed by atoms with Crippen LogP contribution in [-0.2, 0) is 21.3 Å². The van der Waals surface area contributed by atoms with E-state index in [0.29, 0.717) is 18.7 Å². The van der Waals surface area contributed by atoms with Crippen LogP contribution < -0.4 is 0 Å². The Morgan fingerprint density at radius 1 is 1.18 bits per heavy atom. The molecular weight excluding hydrogens is 428 g/mol. The first-order valence-electron chi connectivity index (χ1n) is 10.9. The molecule has 8 heteroatoms. The summed E-state index contributed by atoms with van der Waals surface area (Å²) in [6.45, 7) is 4.52. The van der Waals surface area contributed by atoms with Gasteiger partial charge in [0.1, 0.15) is 0 Å². The van der Waals surface area contributed by atoms with E-state index in [2.05, 4.69) is 25.0 Å². The molecule has 172 valence electrons. The Morgan fingerprint density at radius 3 is 2.67 bits per heavy atom. The Bertz CT molecular complexity index is 1390. The Balaban J connectivity index is 1.82. The number of aryl methyl sites for hydroxylation is 1. The van der Waals surface area contributed by atoms with E-state index in [1.807, 2.05) is 22.4 Å². The average molecular weight is 453 g/mol. The summed E-state index contributed by atoms with van der Waals surface area (Å²) in [7, 11) is 3.24. The van der Waals surface area contributed by atoms with Crippen molar-refractivity contribution >= 4 is 27.8 Å². The second-order valence-electron chi connectivity index (χ2n) is 8.86. The van der Waals surface area contributed by atoms with Gasteiger partial charge in [-0.15, -0.1) is 0 Å². The first-order valence-corrected chi connectivity index (χ1v) is 10.9. The third-order valence-corrected chi connectivity index (χ3v) is 6.49. The van der Waals surface area contributed by atoms with Gasteiger partial charge < -0.3 is 14.0 Å². The first-order chi connectivity index (χ1) is 15.8. The van der Waals surface area contributed by atoms with Crippen molar-refractivity contribution in [3.05, 3.63) is 59.4 Å². The van der Waals surface area contributed by atoms with Gasteiger partial charge in [-0.1, -0.05) is 13.8 Å². The zero-order valence-electron chi connectivity index (χ0n) is 18.9. The molecule has 3 heterocycles. The summed E-state index contributed by atoms with van der Waals surface area (Å²) in [6.07, 6.45) is 1.66. The number of benzene rings is 2. The first kappa shape index (κ1) is 21.6. The van der Waals surface area contributed by atoms with Gasteiger partial charge in [-0.05, 0) is 42.2 Å². The van der Waals surface area contributed by atoms with E-state index in [1.54, 1.807) is 12.3 Å². The van der Waals surface area contributed by atoms with Gasteiger partial charge in [0.05, 0.1) is 30.9 Å². The molecule has 1 aliphatic heterocycles. The minimum atomic E-state index is -0.900. The van der Waals surface area contributed by atoms with E-state index in [9.17, 15) is 13.6 Å². The standard InChI is InChI=1S/C25H25F2N3O3/c1-13(2)24-23(15-8-22(33-12-15)25(31)32-4)17-10-20-14(11-28-29(20)3)7-21(17)30(24)16-5-6-18(26)19(27)9-16/h5-7,9-11,13,15,22H,8,12H2,1-4H3. The second-order valence-corrected chi connectivity index (χ2v) is 8.86. The lowest BCUT2D eigenvalue weighted by atomic mass is 9.90. The number of hydrogen-bond donors (Lipinski definition) is 0. The van der Waals surface area contributed by atoms with Crippen molar-refractivity contribution in [1.82, 2.24) is 14.3 Å². The van der Waals surface area contributed by atoms with Crippen molar-refractivity contribution in [2.24, 2.45) is 7.05 Å². The summed E-state index contributed by atoms with van der Waals surface area (Å²) >= 11 is 0. The maximum absolute atomic E-state index is 14.3. The molecule has 2 unspecified atom stereocenters. The monoisotopic (exact) mass is 453 g/mol. The molecule has 2 atom stereocenters. The molecule has 5 rings (SSSR count). The number of nitrogens with zero attached hydrogens (tertiary/aromatic N) is 3. The zero-order chi connectivity index (χ0) is 23.4. The fraction of sp³-hybridized carbons (Fsp3) is 0.360. The summed E-state index contributed by atoms with van der Waals surface area (Å²) < 4.78 is 42.5. The van der Waals surface area contributed by atoms with Gasteiger partial charge in [0, 0.05) is 41.2 Å². The number of carbonyl (C=O) groups excluding carboxylic acids is 1. The Morgan fingerprint density at radius 2 is 1.97 bits per heavy atom. The van der Waals surface area contributed by atoms with Crippen molar-refractivity contribution in [3.8, 4) is 5.69 Å². The molecule has 4 aromatic rings. The zero-order valence-corrected chi connectivity index (χ0v) is 18.9. The average Bonchev–Trinajstić information content (AvgIpc) is 3.49. The number of halogens is 2. The molecule has 2 aromatic carbocycles. The Labute approximate surface area is 189 Å². The predicted molar refractivity (Wildman–Crippen MR) is 121 cm³/mol. The van der Waals surface area contributed by atoms with Crippen LogP contribution in [0.15, 0.2) is 36.5 Å². The van der Waals surface area contributed by atoms with Crippen LogP contribution in [0.3, 0.4) is 0 Å². The Kier molecular flexibility index (Phi) is 5.20. The molecular formula is C25H25F2N3O3. The lowest BCUT2D eigenvalue weighted by Crippen LogP contribution is -2.20. The molecule has 33 heavy (non-hydrogen) atoms. The minimum Gasteiger partial charge on any atom is -0.467 e. The normalized spacial score (nSPS) is 18.6. The molecule has 0 spiro atoms. The molecule has 0 saturated carbocycles. The Hall–Kier alpha value is -3.26. The van der Waals surface area contributed by atoms with Crippen molar-refractivity contribution in [3.63, 3.8) is 0 Å². The van der Waals surface area contributed by atoms with Crippen molar-refractivity contribution in [1.29, 1.82) is 0 Å². The lowest BCUT2D eigenvalue weighted by molar-refractivity contribution is -0.151. The largest absolute Gasteiger partial charge is 0.467 e. The third kappa shape index (κ3) is 3.40. The summed E-state index contributed by atoms with van der Waals surface area (Å²) in [6, 6.07) is 8.07. The van der Waals surface area contributed by atoms with E-state index >= 15 is 0 Å². The van der Waals surface area contributed by atoms with E-state index in [4.69, 9.17) is 9.47 Å². The van der Waals surface area contributed by atoms with Gasteiger partial charge in [-0.2, -0.15) is 5.10 Å². The number of rotatable bonds is 4. The van der Waals surface area contributed by atoms with Crippen LogP contribution in [0.1, 0.15) is 43.4 Å². The highest BCUT2D eigenvalue weighted by molar-refractivity contribution is 5.99. The van der Waals surface area contributed by atoms with Crippen molar-refractivity contribution in [2.75, 3.05) is 13.7 Å². The number of carbonyl (C=O) groups is 1. The highest BCUT2D eigenvalue weighted by Crippen LogP contribution is 2.43. The van der Waals surface area contributed by atoms with Gasteiger partial charge in [-0.25, -0.2) is 13.6 Å². The highest BCUT2D eigenvalue weighted by Gasteiger charge is 2.36. The van der Waals surface area contributed by atoms with Crippen LogP contribution in [0.5, 0.6) is 0 Å². The molecule has 1 saturated heterocycles. The van der Waals surface area contributed by atoms with Crippen LogP contribution in [0.25, 0.3) is 27.5 Å². The summed E-state index contributed by atoms with van der Waals surface area (Å²) in [4.78, 5) is 12.1. The van der Waals surface area contributed by atoms with Crippen LogP contribution in [-0.4, -0.2) is 40.1 Å². The van der Waals surface area contributed by atoms with E-state index in [1.165, 1.54) is 13.2 Å². The topological polar surface area (TPSA) is 58.3 Å². The van der Waals surface area contributed by atoms with E-state index in [0.717, 1.165) is 39.1 Å². The summed E-state index contributed by atoms with van der Waals surface area (Å²) in [5.41, 5.74) is 4.42. The van der Waals surface area contributed by atoms with Gasteiger partial charge in [-0.3, -0.25) is 4.68 Å². The SMILES string of the molecule is COC(=O)C1CC(c2c(C(C)C)n(-c3ccc(F)c(F)c3)c3cc4cnn(C)c4cc23)CO1. The van der Waals surface area contributed by atoms with Gasteiger partial charge in [0.25, 0.3) is 0 Å². The lowest BCUT2D eigenvalue weighted by Gasteiger charge is -2.18. The number of methoxy groups -OCH3 is 1. The van der Waals surface area contributed by atoms with Crippen LogP contribution >= 0.6 is 0 Å². The third-order valence-electron chi connectivity index (χ3n) is 6.49. The minimum absolute atomic E-state index is 0.0498. The molecule has 0 radical (unpaired) electrons. The number of ether oxygens (including phenoxy) is 2. The van der Waals surface area contributed by atoms with Crippen molar-refractivity contribution in [2.45, 2.75) is 38.2 Å². The van der Waals surface area contributed by atoms with E-state index in [-0.39, 0.29) is 17.8 Å². The van der Waals surface area contributed by atoms with Crippen LogP contribution in [0.2, 0.25) is 0 Å². The number of esters is 1. The van der Waals surface area contributed by atoms with Gasteiger partial charge in [0.2, 0.25) is 0 Å². The highest BCUT2D eigenvalue weighted by atomic mass is 19.2. The van der Waals surface area contributed by atoms with Gasteiger partial charge in [0.15, 0.2) is 17.7 Å². The fourth-order valence-electron chi connectivity index (χ4n) is 5.00. The molecule has 0 bridgehead atoms. The molecule has 6 nitrogen and oxygen atoms in total. The molecule has 0 aliphatic carbocycles. The number of hydrogen-bond acceptors (Lipinski definition) is 4. The predicted octanol–water partition coefficient (Wildman–Crippen LogP) is 4.96. The molecule has 0 N–H and O–H groups in total. The van der Waals surface area contributed by atoms with Gasteiger partial charge >= 0.3 is 5.97 Å². The molecule has 1 fully saturated rings. The summed E-state index contributed by atoms with van der Waals surface area (Å²) in [5.74, 6) is -2.16. The van der Waals surface area contributed by atoms with Crippen molar-refractivity contribution < 1.29 is 23.0 Å². The number of fused-ring (bicyclic) bond motifs is 2. The van der Waals surface area contributed by atoms with Crippen LogP contribution in [0, 0.1) is 11.6 Å². The summed E-state index contributed by atoms with van der Waals surface area (Å²) in [5, 5.41) is 6.30. The smallest absolute Gasteiger partial charge is 0.334 e. The molecule has 1 aliphatic rings. The fourth-order valence-corrected chi connectivity index (χ4v) is 5.00. The number of aromatic nitrogens is 3. The maximum atomic E-state index is 14.3. The maximum Gasteiger partial charge on any atom is 0.334 e. The molecule has 0 amide bonds.